The molecular weight excluding hydrogens is 194 g/mol. The number of nitrogens with two attached hydrogens (primary N) is 1. The zero-order valence-electron chi connectivity index (χ0n) is 10.6. The Balaban J connectivity index is 1.95. The van der Waals surface area contributed by atoms with Crippen LogP contribution < -0.4 is 5.73 Å². The fourth-order valence-corrected chi connectivity index (χ4v) is 4.03. The summed E-state index contributed by atoms with van der Waals surface area (Å²) in [5.74, 6) is 0. The molecule has 1 nitrogen and oxygen atoms in total. The average Bonchev–Trinajstić information content (AvgIpc) is 2.10. The first-order valence-corrected chi connectivity index (χ1v) is 6.29. The summed E-state index contributed by atoms with van der Waals surface area (Å²) in [5, 5.41) is 0. The Labute approximate surface area is 98.0 Å². The summed E-state index contributed by atoms with van der Waals surface area (Å²) in [6, 6.07) is 4.77. The number of aryl methyl sites for hydroxylation is 3. The Bertz CT molecular complexity index is 439. The predicted molar refractivity (Wildman–Crippen MR) is 67.7 cm³/mol. The largest absolute Gasteiger partial charge is 0.330 e. The van der Waals surface area contributed by atoms with Crippen LogP contribution in [0.2, 0.25) is 0 Å². The lowest BCUT2D eigenvalue weighted by Crippen LogP contribution is -2.67. The van der Waals surface area contributed by atoms with Crippen LogP contribution in [0.25, 0.3) is 0 Å². The Morgan fingerprint density at radius 1 is 1.00 bits per heavy atom. The molecule has 0 spiro atoms. The third-order valence-corrected chi connectivity index (χ3v) is 4.99. The van der Waals surface area contributed by atoms with E-state index in [1.54, 1.807) is 5.56 Å². The van der Waals surface area contributed by atoms with Gasteiger partial charge in [0.15, 0.2) is 0 Å². The molecule has 1 aromatic rings. The van der Waals surface area contributed by atoms with Crippen LogP contribution in [-0.4, -0.2) is 6.54 Å². The molecule has 0 unspecified atom stereocenters. The van der Waals surface area contributed by atoms with Gasteiger partial charge in [-0.1, -0.05) is 12.1 Å². The van der Waals surface area contributed by atoms with E-state index in [2.05, 4.69) is 32.9 Å². The van der Waals surface area contributed by atoms with Crippen molar-refractivity contribution < 1.29 is 0 Å². The fourth-order valence-electron chi connectivity index (χ4n) is 4.03. The highest BCUT2D eigenvalue weighted by atomic mass is 14.8. The zero-order chi connectivity index (χ0) is 11.6. The molecule has 3 aliphatic carbocycles. The first-order valence-electron chi connectivity index (χ1n) is 6.29. The maximum Gasteiger partial charge on any atom is -0.00196 e. The van der Waals surface area contributed by atoms with E-state index < -0.39 is 0 Å². The Kier molecular flexibility index (Phi) is 1.87. The maximum absolute atomic E-state index is 5.84. The quantitative estimate of drug-likeness (QED) is 0.806. The molecule has 86 valence electrons. The number of hydrogen-bond acceptors (Lipinski definition) is 1. The second-order valence-corrected chi connectivity index (χ2v) is 6.27. The Hall–Kier alpha value is -0.820. The second kappa shape index (κ2) is 2.89. The van der Waals surface area contributed by atoms with E-state index in [1.165, 1.54) is 36.0 Å². The second-order valence-electron chi connectivity index (χ2n) is 6.27. The minimum atomic E-state index is 0.516. The average molecular weight is 215 g/mol. The molecule has 3 saturated carbocycles. The van der Waals surface area contributed by atoms with Gasteiger partial charge in [-0.3, -0.25) is 0 Å². The van der Waals surface area contributed by atoms with Crippen molar-refractivity contribution in [2.75, 3.05) is 6.54 Å². The monoisotopic (exact) mass is 215 g/mol. The van der Waals surface area contributed by atoms with Crippen LogP contribution in [0.1, 0.15) is 41.5 Å². The minimum absolute atomic E-state index is 0.516. The normalized spacial score (nSPS) is 35.5. The molecule has 0 radical (unpaired) electrons. The molecule has 3 fully saturated rings. The highest BCUT2D eigenvalue weighted by Gasteiger charge is 2.67. The lowest BCUT2D eigenvalue weighted by atomic mass is 9.33. The van der Waals surface area contributed by atoms with E-state index in [9.17, 15) is 0 Å². The first kappa shape index (κ1) is 10.3. The molecule has 4 rings (SSSR count). The van der Waals surface area contributed by atoms with Gasteiger partial charge in [0.05, 0.1) is 0 Å². The molecule has 1 heteroatoms. The van der Waals surface area contributed by atoms with Crippen LogP contribution in [0.5, 0.6) is 0 Å². The summed E-state index contributed by atoms with van der Waals surface area (Å²) in [5.41, 5.74) is 12.8. The van der Waals surface area contributed by atoms with Gasteiger partial charge < -0.3 is 5.73 Å². The fraction of sp³-hybridized carbons (Fsp3) is 0.600. The molecule has 0 amide bonds. The summed E-state index contributed by atoms with van der Waals surface area (Å²) < 4.78 is 0. The number of hydrogen-bond donors (Lipinski definition) is 1. The van der Waals surface area contributed by atoms with Crippen molar-refractivity contribution in [1.82, 2.24) is 0 Å². The zero-order valence-corrected chi connectivity index (χ0v) is 10.6. The van der Waals surface area contributed by atoms with Crippen molar-refractivity contribution in [3.63, 3.8) is 0 Å². The molecule has 0 saturated heterocycles. The lowest BCUT2D eigenvalue weighted by Gasteiger charge is -2.71. The van der Waals surface area contributed by atoms with E-state index in [-0.39, 0.29) is 0 Å². The van der Waals surface area contributed by atoms with E-state index in [4.69, 9.17) is 5.73 Å². The molecule has 0 aliphatic heterocycles. The van der Waals surface area contributed by atoms with Crippen molar-refractivity contribution in [3.05, 3.63) is 34.4 Å². The van der Waals surface area contributed by atoms with Gasteiger partial charge in [0.1, 0.15) is 0 Å². The van der Waals surface area contributed by atoms with Crippen molar-refractivity contribution in [2.45, 2.75) is 45.4 Å². The van der Waals surface area contributed by atoms with Gasteiger partial charge in [0.25, 0.3) is 0 Å². The summed E-state index contributed by atoms with van der Waals surface area (Å²) in [6.07, 6.45) is 4.00. The van der Waals surface area contributed by atoms with Crippen LogP contribution in [0, 0.1) is 26.2 Å². The summed E-state index contributed by atoms with van der Waals surface area (Å²) in [6.45, 7) is 7.58. The molecule has 0 atom stereocenters. The van der Waals surface area contributed by atoms with Crippen LogP contribution in [-0.2, 0) is 5.41 Å². The van der Waals surface area contributed by atoms with Crippen LogP contribution in [0.3, 0.4) is 0 Å². The molecular formula is C15H21N. The smallest absolute Gasteiger partial charge is 0.00196 e. The van der Waals surface area contributed by atoms with Gasteiger partial charge in [-0.2, -0.15) is 0 Å². The van der Waals surface area contributed by atoms with Gasteiger partial charge in [0, 0.05) is 0 Å². The maximum atomic E-state index is 5.84. The van der Waals surface area contributed by atoms with Crippen molar-refractivity contribution in [3.8, 4) is 0 Å². The van der Waals surface area contributed by atoms with Crippen molar-refractivity contribution >= 4 is 0 Å². The summed E-state index contributed by atoms with van der Waals surface area (Å²) in [4.78, 5) is 0. The van der Waals surface area contributed by atoms with Gasteiger partial charge in [-0.25, -0.2) is 0 Å². The lowest BCUT2D eigenvalue weighted by molar-refractivity contribution is -0.133. The highest BCUT2D eigenvalue weighted by Crippen LogP contribution is 2.73. The molecule has 0 heterocycles. The minimum Gasteiger partial charge on any atom is -0.330 e. The molecule has 2 bridgehead atoms. The number of rotatable bonds is 2. The van der Waals surface area contributed by atoms with Crippen molar-refractivity contribution in [1.29, 1.82) is 0 Å². The highest BCUT2D eigenvalue weighted by molar-refractivity contribution is 5.47. The van der Waals surface area contributed by atoms with Crippen LogP contribution in [0.15, 0.2) is 12.1 Å². The summed E-state index contributed by atoms with van der Waals surface area (Å²) in [7, 11) is 0. The predicted octanol–water partition coefficient (Wildman–Crippen LogP) is 2.99. The molecule has 2 N–H and O–H groups in total. The van der Waals surface area contributed by atoms with Crippen LogP contribution >= 0.6 is 0 Å². The Morgan fingerprint density at radius 2 is 1.56 bits per heavy atom. The van der Waals surface area contributed by atoms with Crippen LogP contribution in [0.4, 0.5) is 0 Å². The Morgan fingerprint density at radius 3 is 2.12 bits per heavy atom. The van der Waals surface area contributed by atoms with E-state index in [0.717, 1.165) is 6.54 Å². The number of benzene rings is 1. The third kappa shape index (κ3) is 1.10. The van der Waals surface area contributed by atoms with E-state index in [0.29, 0.717) is 10.8 Å². The molecule has 3 aliphatic rings. The SMILES string of the molecule is Cc1cc(C)c(C23CC(CN)(C2)C3)cc1C. The standard InChI is InChI=1S/C15H21N/c1-10-4-12(3)13(5-11(10)2)15-6-14(7-15,8-15)9-16/h4-5H,6-9,16H2,1-3H3. The molecule has 1 aromatic carbocycles. The van der Waals surface area contributed by atoms with E-state index in [1.807, 2.05) is 0 Å². The van der Waals surface area contributed by atoms with E-state index >= 15 is 0 Å². The van der Waals surface area contributed by atoms with Gasteiger partial charge in [0.2, 0.25) is 0 Å². The van der Waals surface area contributed by atoms with Gasteiger partial charge in [-0.15, -0.1) is 0 Å². The third-order valence-electron chi connectivity index (χ3n) is 4.99. The van der Waals surface area contributed by atoms with Gasteiger partial charge in [-0.05, 0) is 79.7 Å². The first-order chi connectivity index (χ1) is 7.50. The summed E-state index contributed by atoms with van der Waals surface area (Å²) >= 11 is 0. The van der Waals surface area contributed by atoms with Gasteiger partial charge >= 0.3 is 0 Å². The topological polar surface area (TPSA) is 26.0 Å². The molecule has 0 aromatic heterocycles. The molecule has 16 heavy (non-hydrogen) atoms. The van der Waals surface area contributed by atoms with Crippen molar-refractivity contribution in [2.24, 2.45) is 11.1 Å².